The monoisotopic (exact) mass is 290 g/mol. The van der Waals surface area contributed by atoms with Gasteiger partial charge in [0.1, 0.15) is 0 Å². The Morgan fingerprint density at radius 3 is 2.14 bits per heavy atom. The molecular formula is C20H34O. The summed E-state index contributed by atoms with van der Waals surface area (Å²) in [4.78, 5) is 0. The smallest absolute Gasteiger partial charge is 0.0433 e. The van der Waals surface area contributed by atoms with Crippen molar-refractivity contribution in [1.82, 2.24) is 0 Å². The molecular weight excluding hydrogens is 256 g/mol. The van der Waals surface area contributed by atoms with Gasteiger partial charge in [-0.15, -0.1) is 0 Å². The Balaban J connectivity index is 0.000000885. The van der Waals surface area contributed by atoms with Crippen LogP contribution >= 0.6 is 0 Å². The molecule has 0 aromatic heterocycles. The lowest BCUT2D eigenvalue weighted by atomic mass is 9.88. The molecule has 0 aliphatic carbocycles. The minimum Gasteiger partial charge on any atom is -0.385 e. The van der Waals surface area contributed by atoms with Gasteiger partial charge in [0.15, 0.2) is 0 Å². The van der Waals surface area contributed by atoms with Gasteiger partial charge in [0.25, 0.3) is 0 Å². The predicted molar refractivity (Wildman–Crippen MR) is 94.7 cm³/mol. The van der Waals surface area contributed by atoms with Crippen molar-refractivity contribution in [2.24, 2.45) is 11.8 Å². The Labute approximate surface area is 132 Å². The number of hydrogen-bond acceptors (Lipinski definition) is 1. The van der Waals surface area contributed by atoms with Gasteiger partial charge in [-0.3, -0.25) is 0 Å². The SMILES string of the molecule is CCC[C@H](C/C=C\Cc1ccccc1)C(C)C.CCOC. The second kappa shape index (κ2) is 13.9. The molecule has 1 rings (SSSR count). The molecule has 120 valence electrons. The van der Waals surface area contributed by atoms with Crippen molar-refractivity contribution >= 4 is 0 Å². The van der Waals surface area contributed by atoms with E-state index in [9.17, 15) is 0 Å². The van der Waals surface area contributed by atoms with E-state index in [0.29, 0.717) is 0 Å². The largest absolute Gasteiger partial charge is 0.385 e. The lowest BCUT2D eigenvalue weighted by molar-refractivity contribution is 0.215. The first-order valence-electron chi connectivity index (χ1n) is 8.33. The maximum Gasteiger partial charge on any atom is 0.0433 e. The molecule has 0 aliphatic heterocycles. The molecule has 1 atom stereocenters. The zero-order valence-corrected chi connectivity index (χ0v) is 14.6. The molecule has 0 fully saturated rings. The third kappa shape index (κ3) is 11.3. The van der Waals surface area contributed by atoms with E-state index in [1.54, 1.807) is 7.11 Å². The highest BCUT2D eigenvalue weighted by Gasteiger charge is 2.09. The van der Waals surface area contributed by atoms with Gasteiger partial charge in [0.05, 0.1) is 0 Å². The van der Waals surface area contributed by atoms with Crippen LogP contribution in [0, 0.1) is 11.8 Å². The van der Waals surface area contributed by atoms with Crippen LogP contribution in [0.2, 0.25) is 0 Å². The summed E-state index contributed by atoms with van der Waals surface area (Å²) in [6, 6.07) is 10.7. The van der Waals surface area contributed by atoms with E-state index in [0.717, 1.165) is 24.9 Å². The van der Waals surface area contributed by atoms with E-state index in [2.05, 4.69) is 68.0 Å². The van der Waals surface area contributed by atoms with Gasteiger partial charge in [-0.25, -0.2) is 0 Å². The van der Waals surface area contributed by atoms with Crippen molar-refractivity contribution in [3.63, 3.8) is 0 Å². The van der Waals surface area contributed by atoms with E-state index in [1.807, 2.05) is 6.92 Å². The minimum atomic E-state index is 0.802. The second-order valence-corrected chi connectivity index (χ2v) is 5.77. The van der Waals surface area contributed by atoms with Crippen molar-refractivity contribution < 1.29 is 4.74 Å². The van der Waals surface area contributed by atoms with Crippen molar-refractivity contribution in [3.05, 3.63) is 48.0 Å². The topological polar surface area (TPSA) is 9.23 Å². The quantitative estimate of drug-likeness (QED) is 0.541. The number of hydrogen-bond donors (Lipinski definition) is 0. The van der Waals surface area contributed by atoms with Crippen LogP contribution in [-0.4, -0.2) is 13.7 Å². The van der Waals surface area contributed by atoms with Gasteiger partial charge < -0.3 is 4.74 Å². The third-order valence-corrected chi connectivity index (χ3v) is 3.69. The summed E-state index contributed by atoms with van der Waals surface area (Å²) >= 11 is 0. The molecule has 1 aromatic rings. The fourth-order valence-electron chi connectivity index (χ4n) is 2.20. The molecule has 0 aliphatic rings. The summed E-state index contributed by atoms with van der Waals surface area (Å²) in [7, 11) is 1.68. The highest BCUT2D eigenvalue weighted by atomic mass is 16.5. The van der Waals surface area contributed by atoms with E-state index in [4.69, 9.17) is 0 Å². The van der Waals surface area contributed by atoms with Crippen LogP contribution < -0.4 is 0 Å². The molecule has 1 heteroatoms. The number of benzene rings is 1. The van der Waals surface area contributed by atoms with Crippen molar-refractivity contribution in [2.75, 3.05) is 13.7 Å². The Bertz CT molecular complexity index is 338. The Morgan fingerprint density at radius 1 is 1.05 bits per heavy atom. The first kappa shape index (κ1) is 19.9. The van der Waals surface area contributed by atoms with Crippen LogP contribution in [0.4, 0.5) is 0 Å². The van der Waals surface area contributed by atoms with Crippen LogP contribution in [0.5, 0.6) is 0 Å². The molecule has 0 bridgehead atoms. The van der Waals surface area contributed by atoms with Gasteiger partial charge >= 0.3 is 0 Å². The maximum absolute atomic E-state index is 4.54. The molecule has 0 unspecified atom stereocenters. The van der Waals surface area contributed by atoms with E-state index in [1.165, 1.54) is 24.8 Å². The van der Waals surface area contributed by atoms with Gasteiger partial charge in [-0.2, -0.15) is 0 Å². The zero-order valence-electron chi connectivity index (χ0n) is 14.6. The average Bonchev–Trinajstić information content (AvgIpc) is 2.51. The van der Waals surface area contributed by atoms with Crippen LogP contribution in [0.15, 0.2) is 42.5 Å². The van der Waals surface area contributed by atoms with Crippen LogP contribution in [-0.2, 0) is 11.2 Å². The molecule has 0 saturated carbocycles. The Kier molecular flexibility index (Phi) is 13.2. The lowest BCUT2D eigenvalue weighted by Gasteiger charge is -2.18. The molecule has 0 N–H and O–H groups in total. The molecule has 1 aromatic carbocycles. The predicted octanol–water partition coefficient (Wildman–Crippen LogP) is 5.90. The van der Waals surface area contributed by atoms with Crippen molar-refractivity contribution in [2.45, 2.75) is 53.4 Å². The highest BCUT2D eigenvalue weighted by molar-refractivity contribution is 5.17. The Hall–Kier alpha value is -1.08. The molecule has 21 heavy (non-hydrogen) atoms. The number of methoxy groups -OCH3 is 1. The summed E-state index contributed by atoms with van der Waals surface area (Å²) in [5.41, 5.74) is 1.40. The fraction of sp³-hybridized carbons (Fsp3) is 0.600. The van der Waals surface area contributed by atoms with Gasteiger partial charge in [0.2, 0.25) is 0 Å². The van der Waals surface area contributed by atoms with Crippen molar-refractivity contribution in [3.8, 4) is 0 Å². The first-order chi connectivity index (χ1) is 10.2. The van der Waals surface area contributed by atoms with E-state index < -0.39 is 0 Å². The van der Waals surface area contributed by atoms with Crippen LogP contribution in [0.1, 0.15) is 52.5 Å². The van der Waals surface area contributed by atoms with Crippen LogP contribution in [0.25, 0.3) is 0 Å². The molecule has 0 heterocycles. The fourth-order valence-corrected chi connectivity index (χ4v) is 2.20. The number of ether oxygens (including phenoxy) is 1. The van der Waals surface area contributed by atoms with Crippen molar-refractivity contribution in [1.29, 1.82) is 0 Å². The summed E-state index contributed by atoms with van der Waals surface area (Å²) in [6.45, 7) is 9.74. The lowest BCUT2D eigenvalue weighted by Crippen LogP contribution is -2.06. The number of allylic oxidation sites excluding steroid dienone is 2. The summed E-state index contributed by atoms with van der Waals surface area (Å²) < 4.78 is 4.54. The molecule has 0 radical (unpaired) electrons. The zero-order chi connectivity index (χ0) is 15.9. The first-order valence-corrected chi connectivity index (χ1v) is 8.33. The molecule has 1 nitrogen and oxygen atoms in total. The van der Waals surface area contributed by atoms with Crippen LogP contribution in [0.3, 0.4) is 0 Å². The third-order valence-electron chi connectivity index (χ3n) is 3.69. The van der Waals surface area contributed by atoms with E-state index in [-0.39, 0.29) is 0 Å². The average molecular weight is 290 g/mol. The summed E-state index contributed by atoms with van der Waals surface area (Å²) in [6.07, 6.45) is 9.65. The van der Waals surface area contributed by atoms with Gasteiger partial charge in [-0.1, -0.05) is 76.1 Å². The molecule has 0 spiro atoms. The summed E-state index contributed by atoms with van der Waals surface area (Å²) in [5, 5.41) is 0. The number of rotatable bonds is 8. The normalized spacial score (nSPS) is 12.3. The second-order valence-electron chi connectivity index (χ2n) is 5.77. The maximum atomic E-state index is 4.54. The van der Waals surface area contributed by atoms with Gasteiger partial charge in [0, 0.05) is 13.7 Å². The molecule has 0 saturated heterocycles. The minimum absolute atomic E-state index is 0.802. The highest BCUT2D eigenvalue weighted by Crippen LogP contribution is 2.21. The summed E-state index contributed by atoms with van der Waals surface area (Å²) in [5.74, 6) is 1.66. The van der Waals surface area contributed by atoms with Gasteiger partial charge in [-0.05, 0) is 37.2 Å². The Morgan fingerprint density at radius 2 is 1.67 bits per heavy atom. The van der Waals surface area contributed by atoms with E-state index >= 15 is 0 Å². The standard InChI is InChI=1S/C17H26.C3H8O/c1-4-10-17(15(2)3)14-9-8-13-16-11-6-5-7-12-16;1-3-4-2/h5-9,11-12,15,17H,4,10,13-14H2,1-3H3;3H2,1-2H3/b9-8-;/t17-;/m1./s1. The molecule has 0 amide bonds.